The van der Waals surface area contributed by atoms with Crippen LogP contribution in [0.25, 0.3) is 0 Å². The first-order valence-corrected chi connectivity index (χ1v) is 5.38. The fourth-order valence-corrected chi connectivity index (χ4v) is 2.08. The zero-order valence-corrected chi connectivity index (χ0v) is 8.92. The third kappa shape index (κ3) is 2.39. The highest BCUT2D eigenvalue weighted by Gasteiger charge is 2.43. The van der Waals surface area contributed by atoms with Crippen molar-refractivity contribution in [2.75, 3.05) is 13.1 Å². The second kappa shape index (κ2) is 4.11. The zero-order valence-electron chi connectivity index (χ0n) is 8.92. The van der Waals surface area contributed by atoms with Crippen LogP contribution in [0.1, 0.15) is 18.4 Å². The van der Waals surface area contributed by atoms with Crippen LogP contribution in [0, 0.1) is 0 Å². The van der Waals surface area contributed by atoms with Crippen molar-refractivity contribution < 1.29 is 13.9 Å². The molecule has 0 aliphatic carbocycles. The van der Waals surface area contributed by atoms with Crippen LogP contribution in [0.15, 0.2) is 30.3 Å². The van der Waals surface area contributed by atoms with Crippen LogP contribution < -0.4 is 5.32 Å². The summed E-state index contributed by atoms with van der Waals surface area (Å²) in [5.74, 6) is -2.97. The molecule has 0 radical (unpaired) electrons. The Morgan fingerprint density at radius 1 is 1.31 bits per heavy atom. The SMILES string of the molecule is OC1(CC(F)(F)c2ccccc2)CCNC1. The lowest BCUT2D eigenvalue weighted by Crippen LogP contribution is -2.37. The van der Waals surface area contributed by atoms with Gasteiger partial charge in [-0.1, -0.05) is 30.3 Å². The molecule has 1 atom stereocenters. The van der Waals surface area contributed by atoms with E-state index in [1.807, 2.05) is 0 Å². The number of hydrogen-bond donors (Lipinski definition) is 2. The molecule has 1 fully saturated rings. The Kier molecular flexibility index (Phi) is 2.95. The predicted molar refractivity (Wildman–Crippen MR) is 57.4 cm³/mol. The molecule has 1 aromatic carbocycles. The summed E-state index contributed by atoms with van der Waals surface area (Å²) in [5, 5.41) is 12.8. The van der Waals surface area contributed by atoms with Crippen LogP contribution >= 0.6 is 0 Å². The standard InChI is InChI=1S/C12H15F2NO/c13-12(14,10-4-2-1-3-5-10)8-11(16)6-7-15-9-11/h1-5,15-16H,6-9H2. The third-order valence-corrected chi connectivity index (χ3v) is 2.97. The fraction of sp³-hybridized carbons (Fsp3) is 0.500. The van der Waals surface area contributed by atoms with Crippen molar-refractivity contribution in [2.24, 2.45) is 0 Å². The van der Waals surface area contributed by atoms with Gasteiger partial charge >= 0.3 is 0 Å². The third-order valence-electron chi connectivity index (χ3n) is 2.97. The lowest BCUT2D eigenvalue weighted by atomic mass is 9.91. The molecule has 2 N–H and O–H groups in total. The first kappa shape index (κ1) is 11.5. The molecule has 1 aromatic rings. The molecular formula is C12H15F2NO. The van der Waals surface area contributed by atoms with Crippen LogP contribution in [-0.2, 0) is 5.92 Å². The number of aliphatic hydroxyl groups is 1. The molecular weight excluding hydrogens is 212 g/mol. The summed E-state index contributed by atoms with van der Waals surface area (Å²) in [6.45, 7) is 0.844. The number of alkyl halides is 2. The Morgan fingerprint density at radius 2 is 2.00 bits per heavy atom. The summed E-state index contributed by atoms with van der Waals surface area (Å²) in [6.07, 6.45) is -0.133. The van der Waals surface area contributed by atoms with Gasteiger partial charge in [0, 0.05) is 18.5 Å². The van der Waals surface area contributed by atoms with Crippen molar-refractivity contribution in [3.8, 4) is 0 Å². The van der Waals surface area contributed by atoms with Crippen molar-refractivity contribution in [3.05, 3.63) is 35.9 Å². The maximum atomic E-state index is 13.9. The van der Waals surface area contributed by atoms with Crippen LogP contribution in [0.4, 0.5) is 8.78 Å². The molecule has 0 saturated carbocycles. The lowest BCUT2D eigenvalue weighted by Gasteiger charge is -2.27. The summed E-state index contributed by atoms with van der Waals surface area (Å²) in [6, 6.07) is 7.66. The summed E-state index contributed by atoms with van der Waals surface area (Å²) >= 11 is 0. The maximum absolute atomic E-state index is 13.9. The smallest absolute Gasteiger partial charge is 0.276 e. The molecule has 88 valence electrons. The Morgan fingerprint density at radius 3 is 2.56 bits per heavy atom. The second-order valence-corrected chi connectivity index (χ2v) is 4.40. The van der Waals surface area contributed by atoms with E-state index in [1.165, 1.54) is 12.1 Å². The summed E-state index contributed by atoms with van der Waals surface area (Å²) in [4.78, 5) is 0. The number of halogens is 2. The van der Waals surface area contributed by atoms with Gasteiger partial charge in [-0.15, -0.1) is 0 Å². The molecule has 1 aliphatic rings. The number of hydrogen-bond acceptors (Lipinski definition) is 2. The van der Waals surface area contributed by atoms with Crippen molar-refractivity contribution in [1.29, 1.82) is 0 Å². The zero-order chi connectivity index (χ0) is 11.6. The van der Waals surface area contributed by atoms with Crippen molar-refractivity contribution in [2.45, 2.75) is 24.4 Å². The van der Waals surface area contributed by atoms with E-state index in [-0.39, 0.29) is 12.1 Å². The topological polar surface area (TPSA) is 32.3 Å². The van der Waals surface area contributed by atoms with Gasteiger partial charge in [-0.05, 0) is 13.0 Å². The normalized spacial score (nSPS) is 25.9. The van der Waals surface area contributed by atoms with Gasteiger partial charge < -0.3 is 10.4 Å². The van der Waals surface area contributed by atoms with E-state index in [9.17, 15) is 13.9 Å². The summed E-state index contributed by atoms with van der Waals surface area (Å²) < 4.78 is 27.7. The summed E-state index contributed by atoms with van der Waals surface area (Å²) in [7, 11) is 0. The van der Waals surface area contributed by atoms with Crippen LogP contribution in [-0.4, -0.2) is 23.8 Å². The van der Waals surface area contributed by atoms with E-state index in [4.69, 9.17) is 0 Å². The first-order valence-electron chi connectivity index (χ1n) is 5.38. The molecule has 0 spiro atoms. The Balaban J connectivity index is 2.13. The lowest BCUT2D eigenvalue weighted by molar-refractivity contribution is -0.0859. The monoisotopic (exact) mass is 227 g/mol. The number of benzene rings is 1. The average molecular weight is 227 g/mol. The van der Waals surface area contributed by atoms with E-state index >= 15 is 0 Å². The minimum absolute atomic E-state index is 0.0321. The van der Waals surface area contributed by atoms with Gasteiger partial charge in [0.2, 0.25) is 0 Å². The van der Waals surface area contributed by atoms with E-state index in [2.05, 4.69) is 5.32 Å². The Bertz CT molecular complexity index is 347. The molecule has 1 unspecified atom stereocenters. The van der Waals surface area contributed by atoms with Gasteiger partial charge in [0.25, 0.3) is 5.92 Å². The van der Waals surface area contributed by atoms with E-state index in [1.54, 1.807) is 18.2 Å². The van der Waals surface area contributed by atoms with Gasteiger partial charge in [-0.2, -0.15) is 0 Å². The van der Waals surface area contributed by atoms with Crippen LogP contribution in [0.3, 0.4) is 0 Å². The second-order valence-electron chi connectivity index (χ2n) is 4.40. The van der Waals surface area contributed by atoms with E-state index < -0.39 is 17.9 Å². The number of rotatable bonds is 3. The highest BCUT2D eigenvalue weighted by Crippen LogP contribution is 2.37. The molecule has 0 bridgehead atoms. The molecule has 0 aromatic heterocycles. The van der Waals surface area contributed by atoms with Gasteiger partial charge in [-0.25, -0.2) is 8.78 Å². The molecule has 2 nitrogen and oxygen atoms in total. The Hall–Kier alpha value is -1.00. The molecule has 1 saturated heterocycles. The molecule has 1 aliphatic heterocycles. The molecule has 16 heavy (non-hydrogen) atoms. The average Bonchev–Trinajstić information content (AvgIpc) is 2.65. The van der Waals surface area contributed by atoms with Crippen molar-refractivity contribution in [3.63, 3.8) is 0 Å². The predicted octanol–water partition coefficient (Wildman–Crippen LogP) is 1.89. The minimum atomic E-state index is -2.97. The molecule has 4 heteroatoms. The number of β-amino-alcohol motifs (C(OH)–C–C–N with tert-alkyl or cyclic N) is 1. The van der Waals surface area contributed by atoms with E-state index in [0.29, 0.717) is 13.0 Å². The maximum Gasteiger partial charge on any atom is 0.276 e. The van der Waals surface area contributed by atoms with Crippen LogP contribution in [0.5, 0.6) is 0 Å². The Labute approximate surface area is 93.3 Å². The van der Waals surface area contributed by atoms with Gasteiger partial charge in [-0.3, -0.25) is 0 Å². The molecule has 2 rings (SSSR count). The first-order chi connectivity index (χ1) is 7.52. The molecule has 0 amide bonds. The van der Waals surface area contributed by atoms with Gasteiger partial charge in [0.15, 0.2) is 0 Å². The number of nitrogens with one attached hydrogen (secondary N) is 1. The summed E-state index contributed by atoms with van der Waals surface area (Å²) in [5.41, 5.74) is -1.31. The van der Waals surface area contributed by atoms with Crippen LogP contribution in [0.2, 0.25) is 0 Å². The fourth-order valence-electron chi connectivity index (χ4n) is 2.08. The van der Waals surface area contributed by atoms with Crippen molar-refractivity contribution >= 4 is 0 Å². The minimum Gasteiger partial charge on any atom is -0.388 e. The van der Waals surface area contributed by atoms with Gasteiger partial charge in [0.05, 0.1) is 5.60 Å². The highest BCUT2D eigenvalue weighted by molar-refractivity contribution is 5.20. The largest absolute Gasteiger partial charge is 0.388 e. The van der Waals surface area contributed by atoms with E-state index in [0.717, 1.165) is 0 Å². The molecule has 1 heterocycles. The quantitative estimate of drug-likeness (QED) is 0.826. The van der Waals surface area contributed by atoms with Gasteiger partial charge in [0.1, 0.15) is 0 Å². The highest BCUT2D eigenvalue weighted by atomic mass is 19.3. The van der Waals surface area contributed by atoms with Crippen molar-refractivity contribution in [1.82, 2.24) is 5.32 Å².